The minimum Gasteiger partial charge on any atom is -0.425 e. The molecule has 2 aromatic carbocycles. The minimum atomic E-state index is -0.647. The topological polar surface area (TPSA) is 52.6 Å². The number of carbonyl (C=O) groups is 2. The Kier molecular flexibility index (Phi) is 5.55. The number of esters is 2. The average Bonchev–Trinajstić information content (AvgIpc) is 2.54. The molecule has 0 fully saturated rings. The van der Waals surface area contributed by atoms with Gasteiger partial charge in [-0.15, -0.1) is 0 Å². The third-order valence-corrected chi connectivity index (χ3v) is 3.68. The molecule has 0 aliphatic rings. The lowest BCUT2D eigenvalue weighted by atomic mass is 9.96. The molecule has 4 heteroatoms. The maximum atomic E-state index is 12.4. The zero-order valence-corrected chi connectivity index (χ0v) is 16.3. The van der Waals surface area contributed by atoms with Gasteiger partial charge in [-0.25, -0.2) is 0 Å². The minimum absolute atomic E-state index is 0.353. The number of rotatable bonds is 3. The highest BCUT2D eigenvalue weighted by atomic mass is 16.5. The molecule has 0 heterocycles. The van der Waals surface area contributed by atoms with Gasteiger partial charge in [0.15, 0.2) is 0 Å². The van der Waals surface area contributed by atoms with Crippen molar-refractivity contribution >= 4 is 11.9 Å². The molecule has 0 unspecified atom stereocenters. The third kappa shape index (κ3) is 4.72. The van der Waals surface area contributed by atoms with Crippen molar-refractivity contribution in [3.05, 3.63) is 48.5 Å². The van der Waals surface area contributed by atoms with Gasteiger partial charge in [0.1, 0.15) is 11.5 Å². The van der Waals surface area contributed by atoms with E-state index in [0.29, 0.717) is 17.1 Å². The molecular formula is C22H26O4. The first kappa shape index (κ1) is 19.7. The van der Waals surface area contributed by atoms with E-state index in [1.54, 1.807) is 59.7 Å². The predicted molar refractivity (Wildman–Crippen MR) is 102 cm³/mol. The van der Waals surface area contributed by atoms with Crippen LogP contribution in [0.3, 0.4) is 0 Å². The summed E-state index contributed by atoms with van der Waals surface area (Å²) in [6.07, 6.45) is 0. The predicted octanol–water partition coefficient (Wildman–Crippen LogP) is 5.26. The number of carbonyl (C=O) groups excluding carboxylic acids is 2. The highest BCUT2D eigenvalue weighted by Crippen LogP contribution is 2.40. The van der Waals surface area contributed by atoms with Crippen LogP contribution in [-0.2, 0) is 9.59 Å². The zero-order chi connectivity index (χ0) is 19.5. The molecule has 0 saturated heterocycles. The van der Waals surface area contributed by atoms with Gasteiger partial charge in [0.2, 0.25) is 0 Å². The Morgan fingerprint density at radius 2 is 1.08 bits per heavy atom. The molecule has 2 aromatic rings. The summed E-state index contributed by atoms with van der Waals surface area (Å²) in [6.45, 7) is 10.8. The van der Waals surface area contributed by atoms with Gasteiger partial charge in [-0.1, -0.05) is 36.4 Å². The van der Waals surface area contributed by atoms with Gasteiger partial charge in [-0.05, 0) is 59.2 Å². The molecule has 0 aliphatic carbocycles. The normalized spacial score (nSPS) is 11.8. The highest BCUT2D eigenvalue weighted by molar-refractivity contribution is 5.86. The van der Waals surface area contributed by atoms with Crippen molar-refractivity contribution in [3.63, 3.8) is 0 Å². The van der Waals surface area contributed by atoms with Crippen molar-refractivity contribution in [1.82, 2.24) is 0 Å². The monoisotopic (exact) mass is 354 g/mol. The Hall–Kier alpha value is -2.62. The smallest absolute Gasteiger partial charge is 0.316 e. The van der Waals surface area contributed by atoms with Gasteiger partial charge in [-0.2, -0.15) is 0 Å². The van der Waals surface area contributed by atoms with Gasteiger partial charge >= 0.3 is 11.9 Å². The highest BCUT2D eigenvalue weighted by Gasteiger charge is 2.28. The molecule has 26 heavy (non-hydrogen) atoms. The third-order valence-electron chi connectivity index (χ3n) is 3.68. The Morgan fingerprint density at radius 1 is 0.654 bits per heavy atom. The summed E-state index contributed by atoms with van der Waals surface area (Å²) < 4.78 is 11.3. The van der Waals surface area contributed by atoms with Crippen LogP contribution in [0.1, 0.15) is 41.5 Å². The zero-order valence-electron chi connectivity index (χ0n) is 16.3. The van der Waals surface area contributed by atoms with Crippen LogP contribution in [0.5, 0.6) is 11.5 Å². The van der Waals surface area contributed by atoms with Crippen LogP contribution in [0.25, 0.3) is 11.1 Å². The van der Waals surface area contributed by atoms with Gasteiger partial charge < -0.3 is 9.47 Å². The Labute approximate surface area is 155 Å². The summed E-state index contributed by atoms with van der Waals surface area (Å²) in [4.78, 5) is 24.8. The van der Waals surface area contributed by atoms with Crippen LogP contribution in [0.4, 0.5) is 0 Å². The number of hydrogen-bond acceptors (Lipinski definition) is 4. The number of hydrogen-bond donors (Lipinski definition) is 0. The molecule has 0 aromatic heterocycles. The second-order valence-corrected chi connectivity index (χ2v) is 8.27. The summed E-state index contributed by atoms with van der Waals surface area (Å²) in [5, 5.41) is 0. The lowest BCUT2D eigenvalue weighted by Gasteiger charge is -2.21. The van der Waals surface area contributed by atoms with Crippen LogP contribution < -0.4 is 9.47 Å². The Bertz CT molecular complexity index is 747. The molecular weight excluding hydrogens is 328 g/mol. The van der Waals surface area contributed by atoms with Crippen LogP contribution >= 0.6 is 0 Å². The van der Waals surface area contributed by atoms with Crippen molar-refractivity contribution in [3.8, 4) is 22.6 Å². The molecule has 0 N–H and O–H groups in total. The first-order chi connectivity index (χ1) is 12.0. The fourth-order valence-corrected chi connectivity index (χ4v) is 2.08. The molecule has 0 aliphatic heterocycles. The number of benzene rings is 2. The van der Waals surface area contributed by atoms with Crippen molar-refractivity contribution < 1.29 is 19.1 Å². The second kappa shape index (κ2) is 7.32. The van der Waals surface area contributed by atoms with Gasteiger partial charge in [0.25, 0.3) is 0 Å². The molecule has 138 valence electrons. The maximum Gasteiger partial charge on any atom is 0.316 e. The quantitative estimate of drug-likeness (QED) is 0.557. The lowest BCUT2D eigenvalue weighted by molar-refractivity contribution is -0.143. The molecule has 2 rings (SSSR count). The summed E-state index contributed by atoms with van der Waals surface area (Å²) in [7, 11) is 0. The van der Waals surface area contributed by atoms with Crippen LogP contribution in [0, 0.1) is 10.8 Å². The van der Waals surface area contributed by atoms with E-state index in [2.05, 4.69) is 0 Å². The van der Waals surface area contributed by atoms with E-state index < -0.39 is 10.8 Å². The summed E-state index contributed by atoms with van der Waals surface area (Å²) in [6, 6.07) is 14.6. The van der Waals surface area contributed by atoms with Crippen molar-refractivity contribution in [2.45, 2.75) is 41.5 Å². The number of ether oxygens (including phenoxy) is 2. The summed E-state index contributed by atoms with van der Waals surface area (Å²) in [5.74, 6) is 0.0358. The van der Waals surface area contributed by atoms with E-state index in [1.165, 1.54) is 0 Å². The molecule has 0 atom stereocenters. The van der Waals surface area contributed by atoms with E-state index in [1.807, 2.05) is 30.3 Å². The molecule has 4 nitrogen and oxygen atoms in total. The SMILES string of the molecule is CC(C)(C)C(=O)Oc1cccc(OC(=O)C(C)(C)C)c1-c1ccccc1. The van der Waals surface area contributed by atoms with E-state index in [-0.39, 0.29) is 11.9 Å². The van der Waals surface area contributed by atoms with Crippen LogP contribution in [-0.4, -0.2) is 11.9 Å². The van der Waals surface area contributed by atoms with E-state index in [9.17, 15) is 9.59 Å². The van der Waals surface area contributed by atoms with Gasteiger partial charge in [-0.3, -0.25) is 9.59 Å². The first-order valence-electron chi connectivity index (χ1n) is 8.63. The van der Waals surface area contributed by atoms with E-state index >= 15 is 0 Å². The van der Waals surface area contributed by atoms with Gasteiger partial charge in [0.05, 0.1) is 16.4 Å². The summed E-state index contributed by atoms with van der Waals surface area (Å²) in [5.41, 5.74) is 0.0998. The molecule has 0 saturated carbocycles. The molecule has 0 amide bonds. The largest absolute Gasteiger partial charge is 0.425 e. The standard InChI is InChI=1S/C22H26O4/c1-21(2,3)19(23)25-16-13-10-14-17(26-20(24)22(4,5)6)18(16)15-11-8-7-9-12-15/h7-14H,1-6H3. The van der Waals surface area contributed by atoms with Gasteiger partial charge in [0, 0.05) is 0 Å². The van der Waals surface area contributed by atoms with Crippen molar-refractivity contribution in [2.24, 2.45) is 10.8 Å². The summed E-state index contributed by atoms with van der Waals surface area (Å²) >= 11 is 0. The fourth-order valence-electron chi connectivity index (χ4n) is 2.08. The second-order valence-electron chi connectivity index (χ2n) is 8.27. The van der Waals surface area contributed by atoms with E-state index in [0.717, 1.165) is 5.56 Å². The Morgan fingerprint density at radius 3 is 1.46 bits per heavy atom. The fraction of sp³-hybridized carbons (Fsp3) is 0.364. The maximum absolute atomic E-state index is 12.4. The molecule has 0 bridgehead atoms. The molecule has 0 radical (unpaired) electrons. The van der Waals surface area contributed by atoms with Crippen molar-refractivity contribution in [2.75, 3.05) is 0 Å². The van der Waals surface area contributed by atoms with Crippen LogP contribution in [0.2, 0.25) is 0 Å². The lowest BCUT2D eigenvalue weighted by Crippen LogP contribution is -2.27. The Balaban J connectivity index is 2.54. The molecule has 0 spiro atoms. The van der Waals surface area contributed by atoms with E-state index in [4.69, 9.17) is 9.47 Å². The average molecular weight is 354 g/mol. The first-order valence-corrected chi connectivity index (χ1v) is 8.63. The van der Waals surface area contributed by atoms with Crippen molar-refractivity contribution in [1.29, 1.82) is 0 Å². The van der Waals surface area contributed by atoms with Crippen LogP contribution in [0.15, 0.2) is 48.5 Å².